The molecule has 3 aromatic heterocycles. The van der Waals surface area contributed by atoms with E-state index in [0.29, 0.717) is 11.7 Å². The van der Waals surface area contributed by atoms with Crippen molar-refractivity contribution in [1.29, 1.82) is 0 Å². The lowest BCUT2D eigenvalue weighted by atomic mass is 10.1. The number of fused-ring (bicyclic) bond motifs is 1. The van der Waals surface area contributed by atoms with E-state index in [2.05, 4.69) is 49.5 Å². The Bertz CT molecular complexity index is 932. The van der Waals surface area contributed by atoms with Crippen molar-refractivity contribution in [2.75, 3.05) is 21.2 Å². The number of rotatable bonds is 6. The molecule has 136 valence electrons. The summed E-state index contributed by atoms with van der Waals surface area (Å²) in [4.78, 5) is 23.7. The molecule has 1 atom stereocenters. The summed E-state index contributed by atoms with van der Waals surface area (Å²) in [6, 6.07) is 0.280. The molecule has 3 aromatic rings. The number of nitrogens with zero attached hydrogens (tertiary/aromatic N) is 7. The first-order valence-corrected chi connectivity index (χ1v) is 8.47. The van der Waals surface area contributed by atoms with Crippen LogP contribution in [0.1, 0.15) is 26.3 Å². The van der Waals surface area contributed by atoms with Crippen LogP contribution in [-0.2, 0) is 0 Å². The molecule has 3 rings (SSSR count). The topological polar surface area (TPSA) is 81.3 Å². The maximum Gasteiger partial charge on any atom is 0.224 e. The predicted octanol–water partition coefficient (Wildman–Crippen LogP) is 3.09. The van der Waals surface area contributed by atoms with Crippen LogP contribution in [0.2, 0.25) is 0 Å². The van der Waals surface area contributed by atoms with E-state index in [1.165, 1.54) is 6.33 Å². The van der Waals surface area contributed by atoms with Crippen LogP contribution < -0.4 is 4.74 Å². The first-order valence-electron chi connectivity index (χ1n) is 8.47. The van der Waals surface area contributed by atoms with E-state index in [1.54, 1.807) is 26.0 Å². The van der Waals surface area contributed by atoms with E-state index in [-0.39, 0.29) is 6.04 Å². The molecule has 26 heavy (non-hydrogen) atoms. The van der Waals surface area contributed by atoms with Crippen LogP contribution >= 0.6 is 0 Å². The third kappa shape index (κ3) is 3.22. The second-order valence-corrected chi connectivity index (χ2v) is 6.26. The molecule has 0 aromatic carbocycles. The lowest BCUT2D eigenvalue weighted by molar-refractivity contribution is 0.398. The molecular weight excluding hydrogens is 330 g/mol. The highest BCUT2D eigenvalue weighted by molar-refractivity contribution is 6.01. The summed E-state index contributed by atoms with van der Waals surface area (Å²) in [5, 5.41) is 0.860. The van der Waals surface area contributed by atoms with Gasteiger partial charge in [0.2, 0.25) is 5.88 Å². The van der Waals surface area contributed by atoms with Crippen LogP contribution in [0.15, 0.2) is 30.0 Å². The van der Waals surface area contributed by atoms with Crippen molar-refractivity contribution in [2.45, 2.75) is 26.3 Å². The summed E-state index contributed by atoms with van der Waals surface area (Å²) in [5.41, 5.74) is 2.53. The minimum absolute atomic E-state index is 0.280. The van der Waals surface area contributed by atoms with Crippen LogP contribution in [0.3, 0.4) is 0 Å². The fourth-order valence-corrected chi connectivity index (χ4v) is 2.74. The molecule has 8 heteroatoms. The van der Waals surface area contributed by atoms with E-state index in [9.17, 15) is 0 Å². The lowest BCUT2D eigenvalue weighted by Gasteiger charge is -2.11. The number of hydrogen-bond acceptors (Lipinski definition) is 6. The maximum absolute atomic E-state index is 5.43. The molecule has 0 saturated heterocycles. The predicted molar refractivity (Wildman–Crippen MR) is 102 cm³/mol. The molecule has 0 amide bonds. The zero-order chi connectivity index (χ0) is 18.7. The van der Waals surface area contributed by atoms with Crippen molar-refractivity contribution in [3.05, 3.63) is 25.0 Å². The van der Waals surface area contributed by atoms with Gasteiger partial charge in [0.15, 0.2) is 5.82 Å². The van der Waals surface area contributed by atoms with Gasteiger partial charge < -0.3 is 14.2 Å². The summed E-state index contributed by atoms with van der Waals surface area (Å²) in [7, 11) is 5.43. The van der Waals surface area contributed by atoms with Crippen molar-refractivity contribution < 1.29 is 4.74 Å². The van der Waals surface area contributed by atoms with E-state index in [1.807, 2.05) is 19.0 Å². The fourth-order valence-electron chi connectivity index (χ4n) is 2.74. The van der Waals surface area contributed by atoms with Gasteiger partial charge in [0.05, 0.1) is 24.4 Å². The minimum atomic E-state index is 0.280. The molecule has 0 aliphatic heterocycles. The van der Waals surface area contributed by atoms with Crippen molar-refractivity contribution in [1.82, 2.24) is 29.4 Å². The second kappa shape index (κ2) is 7.47. The smallest absolute Gasteiger partial charge is 0.224 e. The van der Waals surface area contributed by atoms with E-state index in [4.69, 9.17) is 4.74 Å². The molecule has 0 saturated carbocycles. The molecule has 0 N–H and O–H groups in total. The molecule has 0 aliphatic rings. The normalized spacial score (nSPS) is 12.7. The Balaban J connectivity index is 2.33. The zero-order valence-electron chi connectivity index (χ0n) is 15.7. The van der Waals surface area contributed by atoms with E-state index in [0.717, 1.165) is 28.6 Å². The van der Waals surface area contributed by atoms with Gasteiger partial charge in [-0.3, -0.25) is 0 Å². The Kier molecular flexibility index (Phi) is 5.11. The summed E-state index contributed by atoms with van der Waals surface area (Å²) in [6.07, 6.45) is 9.53. The Morgan fingerprint density at radius 2 is 2.04 bits per heavy atom. The van der Waals surface area contributed by atoms with Gasteiger partial charge in [0, 0.05) is 38.1 Å². The van der Waals surface area contributed by atoms with Gasteiger partial charge >= 0.3 is 0 Å². The van der Waals surface area contributed by atoms with Gasteiger partial charge in [-0.25, -0.2) is 24.9 Å². The molecule has 0 fully saturated rings. The summed E-state index contributed by atoms with van der Waals surface area (Å²) in [6.45, 7) is 4.31. The molecule has 1 unspecified atom stereocenters. The molecule has 0 aliphatic carbocycles. The van der Waals surface area contributed by atoms with Gasteiger partial charge in [-0.2, -0.15) is 0 Å². The standard InChI is InChI=1S/C18H23N7O/c1-6-12(2)25-8-14(13-7-19-9-22-18(13)26-5)15-16(23-11-24(3)4)20-10-21-17(15)25/h7-12H,6H2,1-5H3/b23-11+. The SMILES string of the molecule is CCC(C)n1cc(-c2cncnc2OC)c2c(/N=C/N(C)C)ncnc21. The van der Waals surface area contributed by atoms with Gasteiger partial charge in [-0.05, 0) is 13.3 Å². The fraction of sp³-hybridized carbons (Fsp3) is 0.389. The number of methoxy groups -OCH3 is 1. The summed E-state index contributed by atoms with van der Waals surface area (Å²) < 4.78 is 7.58. The lowest BCUT2D eigenvalue weighted by Crippen LogP contribution is -2.07. The molecule has 0 spiro atoms. The Morgan fingerprint density at radius 3 is 2.73 bits per heavy atom. The number of aliphatic imine (C=N–C) groups is 1. The maximum atomic E-state index is 5.43. The molecule has 0 radical (unpaired) electrons. The monoisotopic (exact) mass is 353 g/mol. The first kappa shape index (κ1) is 17.8. The van der Waals surface area contributed by atoms with Gasteiger partial charge in [0.1, 0.15) is 18.3 Å². The highest BCUT2D eigenvalue weighted by Crippen LogP contribution is 2.39. The van der Waals surface area contributed by atoms with E-state index < -0.39 is 0 Å². The average molecular weight is 353 g/mol. The summed E-state index contributed by atoms with van der Waals surface area (Å²) in [5.74, 6) is 1.11. The second-order valence-electron chi connectivity index (χ2n) is 6.26. The number of ether oxygens (including phenoxy) is 1. The third-order valence-electron chi connectivity index (χ3n) is 4.23. The van der Waals surface area contributed by atoms with Crippen LogP contribution in [0, 0.1) is 0 Å². The van der Waals surface area contributed by atoms with Gasteiger partial charge in [0.25, 0.3) is 0 Å². The van der Waals surface area contributed by atoms with Crippen LogP contribution in [0.4, 0.5) is 5.82 Å². The van der Waals surface area contributed by atoms with Crippen molar-refractivity contribution in [2.24, 2.45) is 4.99 Å². The first-order chi connectivity index (χ1) is 12.6. The number of hydrogen-bond donors (Lipinski definition) is 0. The highest BCUT2D eigenvalue weighted by Gasteiger charge is 2.21. The summed E-state index contributed by atoms with van der Waals surface area (Å²) >= 11 is 0. The molecule has 8 nitrogen and oxygen atoms in total. The molecule has 3 heterocycles. The van der Waals surface area contributed by atoms with Gasteiger partial charge in [-0.15, -0.1) is 0 Å². The van der Waals surface area contributed by atoms with Crippen molar-refractivity contribution >= 4 is 23.2 Å². The molecular formula is C18H23N7O. The van der Waals surface area contributed by atoms with E-state index >= 15 is 0 Å². The largest absolute Gasteiger partial charge is 0.480 e. The van der Waals surface area contributed by atoms with Crippen molar-refractivity contribution in [3.8, 4) is 17.0 Å². The van der Waals surface area contributed by atoms with Gasteiger partial charge in [-0.1, -0.05) is 6.92 Å². The van der Waals surface area contributed by atoms with Crippen LogP contribution in [0.25, 0.3) is 22.2 Å². The van der Waals surface area contributed by atoms with Crippen molar-refractivity contribution in [3.63, 3.8) is 0 Å². The quantitative estimate of drug-likeness (QED) is 0.500. The molecule has 0 bridgehead atoms. The Morgan fingerprint density at radius 1 is 1.23 bits per heavy atom. The number of aromatic nitrogens is 5. The highest BCUT2D eigenvalue weighted by atomic mass is 16.5. The zero-order valence-corrected chi connectivity index (χ0v) is 15.7. The minimum Gasteiger partial charge on any atom is -0.480 e. The van der Waals surface area contributed by atoms with Crippen LogP contribution in [-0.4, -0.2) is 56.9 Å². The third-order valence-corrected chi connectivity index (χ3v) is 4.23. The Hall–Kier alpha value is -3.03. The van der Waals surface area contributed by atoms with Crippen LogP contribution in [0.5, 0.6) is 5.88 Å². The average Bonchev–Trinajstić information content (AvgIpc) is 3.05. The Labute approximate surface area is 152 Å².